The predicted octanol–water partition coefficient (Wildman–Crippen LogP) is 1.89. The van der Waals surface area contributed by atoms with Crippen molar-refractivity contribution in [3.63, 3.8) is 0 Å². The average molecular weight is 386 g/mol. The van der Waals surface area contributed by atoms with Crippen molar-refractivity contribution in [2.24, 2.45) is 5.73 Å². The van der Waals surface area contributed by atoms with Crippen molar-refractivity contribution in [1.29, 1.82) is 0 Å². The standard InChI is InChI=1S/C18H26N8O2/c1-10(2)26-17-14(24-25-26)16(22-18(23-17)21-8-11(3)19)20-9-12-6-5-7-13(28-4)15(12)27/h5-7,10-11,27H,8-9,19H2,1-4H3,(H2,20,21,22,23). The van der Waals surface area contributed by atoms with E-state index in [0.29, 0.717) is 47.3 Å². The van der Waals surface area contributed by atoms with Crippen LogP contribution in [0.1, 0.15) is 32.4 Å². The lowest BCUT2D eigenvalue weighted by Gasteiger charge is -2.13. The van der Waals surface area contributed by atoms with Crippen molar-refractivity contribution in [1.82, 2.24) is 25.0 Å². The molecular weight excluding hydrogens is 360 g/mol. The number of aromatic hydroxyl groups is 1. The van der Waals surface area contributed by atoms with E-state index in [1.54, 1.807) is 10.7 Å². The Morgan fingerprint density at radius 2 is 2.00 bits per heavy atom. The molecule has 0 saturated heterocycles. The van der Waals surface area contributed by atoms with Crippen LogP contribution < -0.4 is 21.1 Å². The fraction of sp³-hybridized carbons (Fsp3) is 0.444. The summed E-state index contributed by atoms with van der Waals surface area (Å²) in [6, 6.07) is 5.37. The Bertz CT molecular complexity index is 954. The number of nitrogens with one attached hydrogen (secondary N) is 2. The van der Waals surface area contributed by atoms with Crippen molar-refractivity contribution in [2.45, 2.75) is 39.4 Å². The van der Waals surface area contributed by atoms with Crippen LogP contribution in [0.3, 0.4) is 0 Å². The zero-order valence-corrected chi connectivity index (χ0v) is 16.5. The van der Waals surface area contributed by atoms with E-state index in [9.17, 15) is 5.11 Å². The highest BCUT2D eigenvalue weighted by molar-refractivity contribution is 5.83. The van der Waals surface area contributed by atoms with Crippen LogP contribution in [0, 0.1) is 0 Å². The second-order valence-electron chi connectivity index (χ2n) is 6.88. The monoisotopic (exact) mass is 386 g/mol. The lowest BCUT2D eigenvalue weighted by molar-refractivity contribution is 0.371. The van der Waals surface area contributed by atoms with Gasteiger partial charge in [-0.3, -0.25) is 0 Å². The molecular formula is C18H26N8O2. The molecule has 2 heterocycles. The Morgan fingerprint density at radius 3 is 2.68 bits per heavy atom. The highest BCUT2D eigenvalue weighted by atomic mass is 16.5. The van der Waals surface area contributed by atoms with Gasteiger partial charge in [-0.05, 0) is 26.8 Å². The zero-order valence-electron chi connectivity index (χ0n) is 16.5. The van der Waals surface area contributed by atoms with Crippen molar-refractivity contribution in [3.05, 3.63) is 23.8 Å². The van der Waals surface area contributed by atoms with E-state index in [4.69, 9.17) is 10.5 Å². The molecule has 10 nitrogen and oxygen atoms in total. The number of hydrogen-bond acceptors (Lipinski definition) is 9. The SMILES string of the molecule is COc1cccc(CNc2nc(NCC(C)N)nc3c2nnn3C(C)C)c1O. The van der Waals surface area contributed by atoms with Gasteiger partial charge in [-0.15, -0.1) is 5.10 Å². The summed E-state index contributed by atoms with van der Waals surface area (Å²) in [5.74, 6) is 1.46. The number of fused-ring (bicyclic) bond motifs is 1. The second-order valence-corrected chi connectivity index (χ2v) is 6.88. The van der Waals surface area contributed by atoms with Gasteiger partial charge in [-0.25, -0.2) is 4.68 Å². The molecule has 2 aromatic heterocycles. The lowest BCUT2D eigenvalue weighted by Crippen LogP contribution is -2.26. The maximum Gasteiger partial charge on any atom is 0.226 e. The van der Waals surface area contributed by atoms with Crippen LogP contribution in [0.5, 0.6) is 11.5 Å². The van der Waals surface area contributed by atoms with E-state index in [1.165, 1.54) is 7.11 Å². The molecule has 28 heavy (non-hydrogen) atoms. The number of hydrogen-bond donors (Lipinski definition) is 4. The molecule has 0 aliphatic rings. The van der Waals surface area contributed by atoms with E-state index in [-0.39, 0.29) is 17.8 Å². The number of phenols is 1. The minimum atomic E-state index is -0.0439. The van der Waals surface area contributed by atoms with Gasteiger partial charge in [-0.1, -0.05) is 17.3 Å². The van der Waals surface area contributed by atoms with Crippen LogP contribution in [0.4, 0.5) is 11.8 Å². The molecule has 5 N–H and O–H groups in total. The van der Waals surface area contributed by atoms with Gasteiger partial charge in [0.25, 0.3) is 0 Å². The van der Waals surface area contributed by atoms with Gasteiger partial charge < -0.3 is 26.2 Å². The van der Waals surface area contributed by atoms with Crippen molar-refractivity contribution < 1.29 is 9.84 Å². The minimum Gasteiger partial charge on any atom is -0.504 e. The largest absolute Gasteiger partial charge is 0.504 e. The highest BCUT2D eigenvalue weighted by Gasteiger charge is 2.17. The summed E-state index contributed by atoms with van der Waals surface area (Å²) in [4.78, 5) is 9.06. The lowest BCUT2D eigenvalue weighted by atomic mass is 10.2. The first-order valence-electron chi connectivity index (χ1n) is 9.11. The molecule has 3 aromatic rings. The Morgan fingerprint density at radius 1 is 1.21 bits per heavy atom. The fourth-order valence-electron chi connectivity index (χ4n) is 2.69. The van der Waals surface area contributed by atoms with Gasteiger partial charge in [0.2, 0.25) is 5.95 Å². The van der Waals surface area contributed by atoms with Gasteiger partial charge in [0.1, 0.15) is 0 Å². The quantitative estimate of drug-likeness (QED) is 0.457. The van der Waals surface area contributed by atoms with Crippen molar-refractivity contribution in [2.75, 3.05) is 24.3 Å². The smallest absolute Gasteiger partial charge is 0.226 e. The van der Waals surface area contributed by atoms with Crippen LogP contribution >= 0.6 is 0 Å². The molecule has 1 aromatic carbocycles. The predicted molar refractivity (Wildman–Crippen MR) is 108 cm³/mol. The van der Waals surface area contributed by atoms with Gasteiger partial charge in [0.05, 0.1) is 13.2 Å². The molecule has 0 spiro atoms. The van der Waals surface area contributed by atoms with E-state index >= 15 is 0 Å². The Kier molecular flexibility index (Phi) is 5.78. The molecule has 3 rings (SSSR count). The summed E-state index contributed by atoms with van der Waals surface area (Å²) >= 11 is 0. The molecule has 0 saturated carbocycles. The van der Waals surface area contributed by atoms with Gasteiger partial charge in [0.15, 0.2) is 28.5 Å². The Labute approximate surface area is 163 Å². The Hall–Kier alpha value is -3.14. The van der Waals surface area contributed by atoms with Crippen LogP contribution in [0.2, 0.25) is 0 Å². The van der Waals surface area contributed by atoms with E-state index in [2.05, 4.69) is 30.9 Å². The summed E-state index contributed by atoms with van der Waals surface area (Å²) < 4.78 is 6.90. The number of nitrogens with two attached hydrogens (primary N) is 1. The summed E-state index contributed by atoms with van der Waals surface area (Å²) in [7, 11) is 1.51. The van der Waals surface area contributed by atoms with Crippen LogP contribution in [-0.4, -0.2) is 49.8 Å². The molecule has 0 fully saturated rings. The maximum atomic E-state index is 10.3. The molecule has 0 aliphatic heterocycles. The number of ether oxygens (including phenoxy) is 1. The number of rotatable bonds is 8. The summed E-state index contributed by atoms with van der Waals surface area (Å²) in [5.41, 5.74) is 7.68. The summed E-state index contributed by atoms with van der Waals surface area (Å²) in [6.07, 6.45) is 0. The molecule has 0 radical (unpaired) electrons. The number of phenolic OH excluding ortho intramolecular Hbond substituents is 1. The van der Waals surface area contributed by atoms with Crippen LogP contribution in [0.25, 0.3) is 11.2 Å². The summed E-state index contributed by atoms with van der Waals surface area (Å²) in [6.45, 7) is 6.77. The maximum absolute atomic E-state index is 10.3. The molecule has 0 amide bonds. The molecule has 1 atom stereocenters. The number of aromatic nitrogens is 5. The first-order valence-corrected chi connectivity index (χ1v) is 9.11. The number of para-hydroxylation sites is 1. The highest BCUT2D eigenvalue weighted by Crippen LogP contribution is 2.30. The van der Waals surface area contributed by atoms with Gasteiger partial charge in [0, 0.05) is 24.7 Å². The normalized spacial score (nSPS) is 12.4. The number of nitrogens with zero attached hydrogens (tertiary/aromatic N) is 5. The third-order valence-corrected chi connectivity index (χ3v) is 4.14. The number of benzene rings is 1. The van der Waals surface area contributed by atoms with Gasteiger partial charge in [-0.2, -0.15) is 9.97 Å². The van der Waals surface area contributed by atoms with E-state index in [0.717, 1.165) is 0 Å². The topological polar surface area (TPSA) is 136 Å². The minimum absolute atomic E-state index is 0.0439. The summed E-state index contributed by atoms with van der Waals surface area (Å²) in [5, 5.41) is 25.1. The second kappa shape index (κ2) is 8.26. The van der Waals surface area contributed by atoms with Crippen molar-refractivity contribution >= 4 is 22.9 Å². The molecule has 10 heteroatoms. The molecule has 1 unspecified atom stereocenters. The van der Waals surface area contributed by atoms with E-state index < -0.39 is 0 Å². The average Bonchev–Trinajstić information content (AvgIpc) is 3.09. The first-order chi connectivity index (χ1) is 13.4. The third kappa shape index (κ3) is 4.06. The number of methoxy groups -OCH3 is 1. The fourth-order valence-corrected chi connectivity index (χ4v) is 2.69. The Balaban J connectivity index is 1.94. The first kappa shape index (κ1) is 19.6. The van der Waals surface area contributed by atoms with Crippen molar-refractivity contribution in [3.8, 4) is 11.5 Å². The third-order valence-electron chi connectivity index (χ3n) is 4.14. The van der Waals surface area contributed by atoms with E-state index in [1.807, 2.05) is 32.9 Å². The molecule has 0 bridgehead atoms. The molecule has 0 aliphatic carbocycles. The van der Waals surface area contributed by atoms with Crippen LogP contribution in [0.15, 0.2) is 18.2 Å². The zero-order chi connectivity index (χ0) is 20.3. The molecule has 150 valence electrons. The van der Waals surface area contributed by atoms with Gasteiger partial charge >= 0.3 is 0 Å². The van der Waals surface area contributed by atoms with Crippen LogP contribution in [-0.2, 0) is 6.54 Å². The number of anilines is 2.